The predicted molar refractivity (Wildman–Crippen MR) is 90.1 cm³/mol. The molecule has 0 heteroatoms. The lowest BCUT2D eigenvalue weighted by molar-refractivity contribution is -0.334. The number of hydrogen-bond acceptors (Lipinski definition) is 0. The molecule has 21 heavy (non-hydrogen) atoms. The lowest BCUT2D eigenvalue weighted by atomic mass is 9.22. The minimum atomic E-state index is 0.515. The van der Waals surface area contributed by atoms with Gasteiger partial charge in [-0.25, -0.2) is 0 Å². The number of allylic oxidation sites excluding steroid dienone is 1. The summed E-state index contributed by atoms with van der Waals surface area (Å²) in [5.74, 6) is 3.11. The molecule has 4 aliphatic carbocycles. The highest BCUT2D eigenvalue weighted by Gasteiger charge is 2.77. The van der Waals surface area contributed by atoms with Crippen molar-refractivity contribution in [2.24, 2.45) is 34.0 Å². The molecule has 0 aliphatic heterocycles. The van der Waals surface area contributed by atoms with Gasteiger partial charge in [0.1, 0.15) is 0 Å². The maximum atomic E-state index is 4.68. The molecule has 0 heterocycles. The Balaban J connectivity index is 1.51. The molecule has 0 nitrogen and oxygen atoms in total. The zero-order chi connectivity index (χ0) is 14.9. The van der Waals surface area contributed by atoms with Crippen LogP contribution in [0.15, 0.2) is 12.2 Å². The van der Waals surface area contributed by atoms with E-state index in [1.54, 1.807) is 24.8 Å². The fraction of sp³-hybridized carbons (Fsp3) is 0.905. The molecule has 0 aromatic carbocycles. The Morgan fingerprint density at radius 1 is 1.10 bits per heavy atom. The van der Waals surface area contributed by atoms with Gasteiger partial charge in [-0.1, -0.05) is 39.3 Å². The highest BCUT2D eigenvalue weighted by Crippen LogP contribution is 2.86. The zero-order valence-electron chi connectivity index (χ0n) is 14.5. The van der Waals surface area contributed by atoms with Crippen molar-refractivity contribution in [1.29, 1.82) is 0 Å². The van der Waals surface area contributed by atoms with Crippen LogP contribution in [-0.4, -0.2) is 0 Å². The first-order chi connectivity index (χ1) is 10.0. The molecule has 4 rings (SSSR count). The minimum Gasteiger partial charge on any atom is -0.0993 e. The molecular weight excluding hydrogens is 252 g/mol. The predicted octanol–water partition coefficient (Wildman–Crippen LogP) is 6.37. The van der Waals surface area contributed by atoms with Crippen molar-refractivity contribution in [2.45, 2.75) is 85.0 Å². The Kier molecular flexibility index (Phi) is 3.00. The first-order valence-corrected chi connectivity index (χ1v) is 9.70. The van der Waals surface area contributed by atoms with Crippen molar-refractivity contribution in [3.05, 3.63) is 12.2 Å². The summed E-state index contributed by atoms with van der Waals surface area (Å²) in [6.07, 6.45) is 14.6. The summed E-state index contributed by atoms with van der Waals surface area (Å²) >= 11 is 0. The Labute approximate surface area is 131 Å². The summed E-state index contributed by atoms with van der Waals surface area (Å²) in [5, 5.41) is 0. The van der Waals surface area contributed by atoms with Crippen LogP contribution in [0.5, 0.6) is 0 Å². The van der Waals surface area contributed by atoms with Crippen LogP contribution in [0.2, 0.25) is 0 Å². The molecule has 0 radical (unpaired) electrons. The topological polar surface area (TPSA) is 0 Å². The lowest BCUT2D eigenvalue weighted by Gasteiger charge is -2.83. The second kappa shape index (κ2) is 4.39. The lowest BCUT2D eigenvalue weighted by Crippen LogP contribution is -2.75. The van der Waals surface area contributed by atoms with Crippen molar-refractivity contribution in [3.8, 4) is 0 Å². The molecule has 0 saturated heterocycles. The third-order valence-electron chi connectivity index (χ3n) is 8.95. The number of hydrogen-bond donors (Lipinski definition) is 0. The summed E-state index contributed by atoms with van der Waals surface area (Å²) in [6, 6.07) is 0. The van der Waals surface area contributed by atoms with Gasteiger partial charge in [0.15, 0.2) is 0 Å². The van der Waals surface area contributed by atoms with E-state index in [1.807, 2.05) is 0 Å². The van der Waals surface area contributed by atoms with Gasteiger partial charge in [0, 0.05) is 0 Å². The maximum Gasteiger partial charge on any atom is -0.00905 e. The molecule has 4 saturated carbocycles. The van der Waals surface area contributed by atoms with Crippen LogP contribution in [-0.2, 0) is 0 Å². The van der Waals surface area contributed by atoms with Crippen LogP contribution in [0.3, 0.4) is 0 Å². The van der Waals surface area contributed by atoms with Gasteiger partial charge in [-0.3, -0.25) is 0 Å². The Bertz CT molecular complexity index is 463. The van der Waals surface area contributed by atoms with Crippen molar-refractivity contribution in [1.82, 2.24) is 0 Å². The summed E-state index contributed by atoms with van der Waals surface area (Å²) in [5.41, 5.74) is 3.71. The molecule has 0 aromatic heterocycles. The van der Waals surface area contributed by atoms with Crippen molar-refractivity contribution in [2.75, 3.05) is 0 Å². The third-order valence-corrected chi connectivity index (χ3v) is 8.95. The smallest absolute Gasteiger partial charge is 0.00905 e. The standard InChI is InChI=1S/C21H34/c1-5-17-13-20(14-18-8-10-21(17,18)20)12-16(4)19(6-2)9-7-15(3)11-19/h15,17-18H,4-14H2,1-3H3. The van der Waals surface area contributed by atoms with Gasteiger partial charge < -0.3 is 0 Å². The molecule has 0 aromatic rings. The van der Waals surface area contributed by atoms with Gasteiger partial charge >= 0.3 is 0 Å². The maximum absolute atomic E-state index is 4.68. The molecule has 118 valence electrons. The van der Waals surface area contributed by atoms with Crippen LogP contribution in [0.1, 0.15) is 85.0 Å². The fourth-order valence-electron chi connectivity index (χ4n) is 7.64. The molecule has 0 bridgehead atoms. The normalized spacial score (nSPS) is 54.0. The average Bonchev–Trinajstić information content (AvgIpc) is 2.83. The van der Waals surface area contributed by atoms with E-state index in [0.717, 1.165) is 28.6 Å². The van der Waals surface area contributed by atoms with E-state index in [1.165, 1.54) is 44.9 Å². The highest BCUT2D eigenvalue weighted by molar-refractivity contribution is 5.30. The number of rotatable bonds is 5. The van der Waals surface area contributed by atoms with E-state index in [2.05, 4.69) is 27.4 Å². The fourth-order valence-corrected chi connectivity index (χ4v) is 7.64. The third kappa shape index (κ3) is 1.53. The SMILES string of the molecule is C=C(CC12CC(CC)C13CCC3C2)C1(CC)CCC(C)C1. The van der Waals surface area contributed by atoms with Crippen LogP contribution >= 0.6 is 0 Å². The van der Waals surface area contributed by atoms with Crippen LogP contribution < -0.4 is 0 Å². The van der Waals surface area contributed by atoms with Gasteiger partial charge in [0.05, 0.1) is 0 Å². The Morgan fingerprint density at radius 2 is 1.90 bits per heavy atom. The minimum absolute atomic E-state index is 0.515. The van der Waals surface area contributed by atoms with Gasteiger partial charge in [-0.15, -0.1) is 0 Å². The van der Waals surface area contributed by atoms with Crippen LogP contribution in [0.25, 0.3) is 0 Å². The molecule has 6 unspecified atom stereocenters. The summed E-state index contributed by atoms with van der Waals surface area (Å²) in [6.45, 7) is 12.0. The van der Waals surface area contributed by atoms with Crippen molar-refractivity contribution >= 4 is 0 Å². The van der Waals surface area contributed by atoms with E-state index in [-0.39, 0.29) is 0 Å². The van der Waals surface area contributed by atoms with E-state index in [4.69, 9.17) is 0 Å². The largest absolute Gasteiger partial charge is 0.0993 e. The summed E-state index contributed by atoms with van der Waals surface area (Å²) in [7, 11) is 0. The first-order valence-electron chi connectivity index (χ1n) is 9.70. The molecular formula is C21H34. The van der Waals surface area contributed by atoms with E-state index < -0.39 is 0 Å². The molecule has 6 atom stereocenters. The van der Waals surface area contributed by atoms with E-state index >= 15 is 0 Å². The average molecular weight is 287 g/mol. The van der Waals surface area contributed by atoms with Gasteiger partial charge in [0.2, 0.25) is 0 Å². The van der Waals surface area contributed by atoms with E-state index in [9.17, 15) is 0 Å². The Hall–Kier alpha value is -0.260. The summed E-state index contributed by atoms with van der Waals surface area (Å²) < 4.78 is 0. The van der Waals surface area contributed by atoms with Crippen LogP contribution in [0, 0.1) is 34.0 Å². The van der Waals surface area contributed by atoms with Crippen LogP contribution in [0.4, 0.5) is 0 Å². The first kappa shape index (κ1) is 14.3. The van der Waals surface area contributed by atoms with Gasteiger partial charge in [-0.05, 0) is 91.8 Å². The summed E-state index contributed by atoms with van der Waals surface area (Å²) in [4.78, 5) is 0. The van der Waals surface area contributed by atoms with E-state index in [0.29, 0.717) is 5.41 Å². The zero-order valence-corrected chi connectivity index (χ0v) is 14.5. The van der Waals surface area contributed by atoms with Gasteiger partial charge in [-0.2, -0.15) is 0 Å². The van der Waals surface area contributed by atoms with Crippen molar-refractivity contribution < 1.29 is 0 Å². The molecule has 0 amide bonds. The highest BCUT2D eigenvalue weighted by atomic mass is 14.8. The Morgan fingerprint density at radius 3 is 2.38 bits per heavy atom. The molecule has 1 spiro atoms. The molecule has 0 N–H and O–H groups in total. The second-order valence-corrected chi connectivity index (χ2v) is 9.33. The molecule has 4 aliphatic rings. The van der Waals surface area contributed by atoms with Gasteiger partial charge in [0.25, 0.3) is 0 Å². The van der Waals surface area contributed by atoms with Crippen molar-refractivity contribution in [3.63, 3.8) is 0 Å². The second-order valence-electron chi connectivity index (χ2n) is 9.33. The quantitative estimate of drug-likeness (QED) is 0.515. The monoisotopic (exact) mass is 286 g/mol. The molecule has 4 fully saturated rings.